The average molecular weight is 348 g/mol. The summed E-state index contributed by atoms with van der Waals surface area (Å²) in [6.07, 6.45) is 0. The van der Waals surface area contributed by atoms with Crippen molar-refractivity contribution in [3.05, 3.63) is 59.7 Å². The second-order valence-electron chi connectivity index (χ2n) is 4.65. The Morgan fingerprint density at radius 1 is 1.21 bits per heavy atom. The molecule has 0 aliphatic rings. The predicted octanol–water partition coefficient (Wildman–Crippen LogP) is 3.83. The molecule has 0 aliphatic carbocycles. The molecule has 24 heavy (non-hydrogen) atoms. The van der Waals surface area contributed by atoms with E-state index in [0.29, 0.717) is 5.56 Å². The highest BCUT2D eigenvalue weighted by Gasteiger charge is 2.11. The molecule has 0 heterocycles. The summed E-state index contributed by atoms with van der Waals surface area (Å²) >= 11 is 1.30. The molecule has 0 fully saturated rings. The number of hydrogen-bond acceptors (Lipinski definition) is 4. The minimum Gasteiger partial charge on any atom is -0.435 e. The van der Waals surface area contributed by atoms with E-state index in [4.69, 9.17) is 5.26 Å². The van der Waals surface area contributed by atoms with Crippen LogP contribution in [-0.2, 0) is 6.54 Å². The standard InChI is InChI=1S/C17H14F2N2O2S/c18-17(19)23-13-7-5-12(6-8-13)11-21-16(22)14-3-1-2-4-15(14)24-10-9-20/h1-8,17H,10-11H2,(H,21,22). The molecule has 0 saturated carbocycles. The van der Waals surface area contributed by atoms with Crippen molar-refractivity contribution in [2.45, 2.75) is 18.1 Å². The number of hydrogen-bond donors (Lipinski definition) is 1. The van der Waals surface area contributed by atoms with Crippen LogP contribution >= 0.6 is 11.8 Å². The van der Waals surface area contributed by atoms with E-state index in [0.717, 1.165) is 10.5 Å². The first-order valence-electron chi connectivity index (χ1n) is 7.01. The third kappa shape index (κ3) is 5.25. The van der Waals surface area contributed by atoms with Crippen LogP contribution in [0.5, 0.6) is 5.75 Å². The fourth-order valence-corrected chi connectivity index (χ4v) is 2.67. The molecule has 1 N–H and O–H groups in total. The van der Waals surface area contributed by atoms with Gasteiger partial charge in [-0.1, -0.05) is 24.3 Å². The maximum atomic E-state index is 12.3. The molecule has 0 spiro atoms. The fraction of sp³-hybridized carbons (Fsp3) is 0.176. The van der Waals surface area contributed by atoms with Crippen LogP contribution < -0.4 is 10.1 Å². The van der Waals surface area contributed by atoms with Crippen LogP contribution in [0.3, 0.4) is 0 Å². The first-order valence-corrected chi connectivity index (χ1v) is 7.99. The van der Waals surface area contributed by atoms with Gasteiger partial charge >= 0.3 is 6.61 Å². The Labute approximate surface area is 142 Å². The highest BCUT2D eigenvalue weighted by molar-refractivity contribution is 7.99. The second-order valence-corrected chi connectivity index (χ2v) is 5.67. The van der Waals surface area contributed by atoms with Crippen LogP contribution in [0, 0.1) is 11.3 Å². The lowest BCUT2D eigenvalue weighted by atomic mass is 10.2. The summed E-state index contributed by atoms with van der Waals surface area (Å²) < 4.78 is 28.4. The van der Waals surface area contributed by atoms with Crippen LogP contribution in [0.15, 0.2) is 53.4 Å². The average Bonchev–Trinajstić information content (AvgIpc) is 2.59. The number of amides is 1. The molecule has 0 aliphatic heterocycles. The van der Waals surface area contributed by atoms with Gasteiger partial charge in [0.1, 0.15) is 5.75 Å². The summed E-state index contributed by atoms with van der Waals surface area (Å²) in [5, 5.41) is 11.4. The van der Waals surface area contributed by atoms with Crippen molar-refractivity contribution in [1.82, 2.24) is 5.32 Å². The summed E-state index contributed by atoms with van der Waals surface area (Å²) in [5.74, 6) is 0.0675. The number of alkyl halides is 2. The van der Waals surface area contributed by atoms with Gasteiger partial charge in [-0.05, 0) is 29.8 Å². The minimum atomic E-state index is -2.86. The van der Waals surface area contributed by atoms with Crippen molar-refractivity contribution in [1.29, 1.82) is 5.26 Å². The molecule has 2 aromatic rings. The van der Waals surface area contributed by atoms with Crippen LogP contribution in [0.2, 0.25) is 0 Å². The SMILES string of the molecule is N#CCSc1ccccc1C(=O)NCc1ccc(OC(F)F)cc1. The molecule has 0 aromatic heterocycles. The number of benzene rings is 2. The van der Waals surface area contributed by atoms with Gasteiger partial charge in [0, 0.05) is 11.4 Å². The molecule has 0 unspecified atom stereocenters. The molecular formula is C17H14F2N2O2S. The largest absolute Gasteiger partial charge is 0.435 e. The molecule has 0 saturated heterocycles. The Morgan fingerprint density at radius 3 is 2.58 bits per heavy atom. The Morgan fingerprint density at radius 2 is 1.92 bits per heavy atom. The van der Waals surface area contributed by atoms with Gasteiger partial charge in [-0.25, -0.2) is 0 Å². The topological polar surface area (TPSA) is 62.1 Å². The van der Waals surface area contributed by atoms with Gasteiger partial charge in [0.15, 0.2) is 0 Å². The molecule has 1 amide bonds. The maximum absolute atomic E-state index is 12.3. The maximum Gasteiger partial charge on any atom is 0.387 e. The summed E-state index contributed by atoms with van der Waals surface area (Å²) in [4.78, 5) is 13.0. The molecule has 7 heteroatoms. The monoisotopic (exact) mass is 348 g/mol. The van der Waals surface area contributed by atoms with Gasteiger partial charge in [-0.3, -0.25) is 4.79 Å². The van der Waals surface area contributed by atoms with Crippen molar-refractivity contribution < 1.29 is 18.3 Å². The van der Waals surface area contributed by atoms with E-state index in [-0.39, 0.29) is 24.0 Å². The van der Waals surface area contributed by atoms with Crippen LogP contribution in [0.4, 0.5) is 8.78 Å². The van der Waals surface area contributed by atoms with Gasteiger partial charge in [-0.2, -0.15) is 14.0 Å². The lowest BCUT2D eigenvalue weighted by molar-refractivity contribution is -0.0498. The Bertz CT molecular complexity index is 730. The second kappa shape index (κ2) is 8.89. The minimum absolute atomic E-state index is 0.0679. The number of nitrogens with one attached hydrogen (secondary N) is 1. The van der Waals surface area contributed by atoms with E-state index in [1.54, 1.807) is 36.4 Å². The zero-order valence-electron chi connectivity index (χ0n) is 12.5. The van der Waals surface area contributed by atoms with Crippen molar-refractivity contribution in [2.24, 2.45) is 0 Å². The smallest absolute Gasteiger partial charge is 0.387 e. The fourth-order valence-electron chi connectivity index (χ4n) is 1.96. The third-order valence-electron chi connectivity index (χ3n) is 3.03. The highest BCUT2D eigenvalue weighted by Crippen LogP contribution is 2.22. The number of ether oxygens (including phenoxy) is 1. The van der Waals surface area contributed by atoms with Crippen molar-refractivity contribution >= 4 is 17.7 Å². The number of carbonyl (C=O) groups is 1. The highest BCUT2D eigenvalue weighted by atomic mass is 32.2. The quantitative estimate of drug-likeness (QED) is 0.773. The summed E-state index contributed by atoms with van der Waals surface area (Å²) in [7, 11) is 0. The van der Waals surface area contributed by atoms with E-state index in [2.05, 4.69) is 10.1 Å². The van der Waals surface area contributed by atoms with E-state index in [9.17, 15) is 13.6 Å². The van der Waals surface area contributed by atoms with Gasteiger partial charge in [0.2, 0.25) is 0 Å². The van der Waals surface area contributed by atoms with E-state index in [1.165, 1.54) is 23.9 Å². The summed E-state index contributed by atoms with van der Waals surface area (Å²) in [6, 6.07) is 15.1. The molecule has 4 nitrogen and oxygen atoms in total. The van der Waals surface area contributed by atoms with Crippen molar-refractivity contribution in [3.63, 3.8) is 0 Å². The zero-order valence-corrected chi connectivity index (χ0v) is 13.4. The first kappa shape index (κ1) is 17.8. The number of nitriles is 1. The van der Waals surface area contributed by atoms with Crippen molar-refractivity contribution in [2.75, 3.05) is 5.75 Å². The molecule has 0 atom stereocenters. The number of thioether (sulfide) groups is 1. The molecule has 2 aromatic carbocycles. The predicted molar refractivity (Wildman–Crippen MR) is 87.0 cm³/mol. The zero-order chi connectivity index (χ0) is 17.4. The molecular weight excluding hydrogens is 334 g/mol. The molecule has 0 bridgehead atoms. The van der Waals surface area contributed by atoms with Crippen molar-refractivity contribution in [3.8, 4) is 11.8 Å². The van der Waals surface area contributed by atoms with Gasteiger partial charge in [-0.15, -0.1) is 11.8 Å². The van der Waals surface area contributed by atoms with Gasteiger partial charge < -0.3 is 10.1 Å². The Kier molecular flexibility index (Phi) is 6.58. The van der Waals surface area contributed by atoms with Crippen LogP contribution in [-0.4, -0.2) is 18.3 Å². The lowest BCUT2D eigenvalue weighted by Gasteiger charge is -2.10. The van der Waals surface area contributed by atoms with Gasteiger partial charge in [0.05, 0.1) is 17.4 Å². The van der Waals surface area contributed by atoms with E-state index in [1.807, 2.05) is 6.07 Å². The Hall–Kier alpha value is -2.59. The van der Waals surface area contributed by atoms with Crippen LogP contribution in [0.25, 0.3) is 0 Å². The van der Waals surface area contributed by atoms with Gasteiger partial charge in [0.25, 0.3) is 5.91 Å². The number of halogens is 2. The third-order valence-corrected chi connectivity index (χ3v) is 3.97. The number of nitrogens with zero attached hydrogens (tertiary/aromatic N) is 1. The molecule has 124 valence electrons. The van der Waals surface area contributed by atoms with E-state index >= 15 is 0 Å². The summed E-state index contributed by atoms with van der Waals surface area (Å²) in [6.45, 7) is -2.61. The lowest BCUT2D eigenvalue weighted by Crippen LogP contribution is -2.23. The number of carbonyl (C=O) groups excluding carboxylic acids is 1. The van der Waals surface area contributed by atoms with E-state index < -0.39 is 6.61 Å². The molecule has 0 radical (unpaired) electrons. The molecule has 2 rings (SSSR count). The Balaban J connectivity index is 1.97. The summed E-state index contributed by atoms with van der Waals surface area (Å²) in [5.41, 5.74) is 1.25. The first-order chi connectivity index (χ1) is 11.6. The van der Waals surface area contributed by atoms with Crippen LogP contribution in [0.1, 0.15) is 15.9 Å². The normalized spacial score (nSPS) is 10.2. The number of rotatable bonds is 7.